The van der Waals surface area contributed by atoms with Gasteiger partial charge < -0.3 is 15.4 Å². The Labute approximate surface area is 119 Å². The van der Waals surface area contributed by atoms with E-state index in [2.05, 4.69) is 15.3 Å². The summed E-state index contributed by atoms with van der Waals surface area (Å²) in [5.74, 6) is -1.10. The molecule has 0 aliphatic carbocycles. The first kappa shape index (κ1) is 14.3. The van der Waals surface area contributed by atoms with Gasteiger partial charge in [0, 0.05) is 30.1 Å². The summed E-state index contributed by atoms with van der Waals surface area (Å²) in [6.45, 7) is 2.27. The summed E-state index contributed by atoms with van der Waals surface area (Å²) >= 11 is 1.56. The van der Waals surface area contributed by atoms with Gasteiger partial charge in [0.05, 0.1) is 10.7 Å². The summed E-state index contributed by atoms with van der Waals surface area (Å²) in [5.41, 5.74) is 2.15. The fraction of sp³-hybridized carbons (Fsp3) is 0.308. The van der Waals surface area contributed by atoms with Crippen molar-refractivity contribution in [2.45, 2.75) is 19.8 Å². The van der Waals surface area contributed by atoms with Crippen LogP contribution in [0.1, 0.15) is 28.3 Å². The zero-order chi connectivity index (χ0) is 14.5. The monoisotopic (exact) mass is 293 g/mol. The van der Waals surface area contributed by atoms with Crippen molar-refractivity contribution < 1.29 is 14.7 Å². The molecule has 0 spiro atoms. The van der Waals surface area contributed by atoms with E-state index in [4.69, 9.17) is 5.11 Å². The second kappa shape index (κ2) is 6.33. The van der Waals surface area contributed by atoms with Gasteiger partial charge in [-0.2, -0.15) is 0 Å². The van der Waals surface area contributed by atoms with E-state index in [1.54, 1.807) is 23.6 Å². The van der Waals surface area contributed by atoms with Crippen molar-refractivity contribution in [2.24, 2.45) is 0 Å². The number of nitrogens with zero attached hydrogens (tertiary/aromatic N) is 1. The lowest BCUT2D eigenvalue weighted by atomic mass is 10.2. The van der Waals surface area contributed by atoms with Crippen molar-refractivity contribution in [1.82, 2.24) is 15.3 Å². The van der Waals surface area contributed by atoms with E-state index in [0.717, 1.165) is 16.3 Å². The number of hydrogen-bond donors (Lipinski definition) is 3. The minimum atomic E-state index is -0.861. The average molecular weight is 293 g/mol. The molecule has 6 nitrogen and oxygen atoms in total. The number of carboxylic acids is 1. The molecule has 2 aromatic rings. The highest BCUT2D eigenvalue weighted by Crippen LogP contribution is 2.22. The summed E-state index contributed by atoms with van der Waals surface area (Å²) in [7, 11) is 0. The van der Waals surface area contributed by atoms with Gasteiger partial charge in [0.1, 0.15) is 5.69 Å². The standard InChI is InChI=1S/C13H15N3O3S/c1-8-16-11(7-20-8)9-5-10(15-6-9)13(19)14-4-2-3-12(17)18/h5-7,15H,2-4H2,1H3,(H,14,19)(H,17,18). The predicted octanol–water partition coefficient (Wildman–Crippen LogP) is 2.04. The molecule has 0 bridgehead atoms. The van der Waals surface area contributed by atoms with E-state index in [0.29, 0.717) is 18.7 Å². The Kier molecular flexibility index (Phi) is 4.52. The van der Waals surface area contributed by atoms with Crippen molar-refractivity contribution in [1.29, 1.82) is 0 Å². The van der Waals surface area contributed by atoms with Crippen LogP contribution in [0, 0.1) is 6.92 Å². The predicted molar refractivity (Wildman–Crippen MR) is 75.8 cm³/mol. The van der Waals surface area contributed by atoms with E-state index in [9.17, 15) is 9.59 Å². The maximum Gasteiger partial charge on any atom is 0.303 e. The van der Waals surface area contributed by atoms with E-state index in [1.807, 2.05) is 12.3 Å². The quantitative estimate of drug-likeness (QED) is 0.710. The second-order valence-electron chi connectivity index (χ2n) is 4.31. The van der Waals surface area contributed by atoms with Crippen LogP contribution in [0.15, 0.2) is 17.6 Å². The van der Waals surface area contributed by atoms with Crippen LogP contribution >= 0.6 is 11.3 Å². The topological polar surface area (TPSA) is 95.1 Å². The zero-order valence-corrected chi connectivity index (χ0v) is 11.8. The SMILES string of the molecule is Cc1nc(-c2c[nH]c(C(=O)NCCCC(=O)O)c2)cs1. The number of thiazole rings is 1. The van der Waals surface area contributed by atoms with E-state index >= 15 is 0 Å². The minimum Gasteiger partial charge on any atom is -0.481 e. The van der Waals surface area contributed by atoms with Crippen molar-refractivity contribution in [3.63, 3.8) is 0 Å². The van der Waals surface area contributed by atoms with Gasteiger partial charge in [-0.1, -0.05) is 0 Å². The Morgan fingerprint density at radius 1 is 1.50 bits per heavy atom. The lowest BCUT2D eigenvalue weighted by molar-refractivity contribution is -0.137. The van der Waals surface area contributed by atoms with E-state index in [-0.39, 0.29) is 12.3 Å². The molecule has 0 fully saturated rings. The number of amides is 1. The van der Waals surface area contributed by atoms with Gasteiger partial charge in [-0.25, -0.2) is 4.98 Å². The van der Waals surface area contributed by atoms with Gasteiger partial charge in [0.15, 0.2) is 0 Å². The molecular weight excluding hydrogens is 278 g/mol. The van der Waals surface area contributed by atoms with Crippen LogP contribution in [0.2, 0.25) is 0 Å². The molecule has 2 heterocycles. The molecule has 0 atom stereocenters. The average Bonchev–Trinajstić information content (AvgIpc) is 3.02. The number of aromatic nitrogens is 2. The van der Waals surface area contributed by atoms with Crippen LogP contribution in [-0.2, 0) is 4.79 Å². The molecule has 2 aromatic heterocycles. The number of aryl methyl sites for hydroxylation is 1. The Morgan fingerprint density at radius 2 is 2.30 bits per heavy atom. The van der Waals surface area contributed by atoms with Crippen molar-refractivity contribution >= 4 is 23.2 Å². The van der Waals surface area contributed by atoms with Crippen LogP contribution in [0.4, 0.5) is 0 Å². The smallest absolute Gasteiger partial charge is 0.303 e. The highest BCUT2D eigenvalue weighted by molar-refractivity contribution is 7.09. The normalized spacial score (nSPS) is 10.4. The number of nitrogens with one attached hydrogen (secondary N) is 2. The lowest BCUT2D eigenvalue weighted by Gasteiger charge is -2.01. The molecule has 3 N–H and O–H groups in total. The van der Waals surface area contributed by atoms with Gasteiger partial charge in [0.25, 0.3) is 5.91 Å². The van der Waals surface area contributed by atoms with Crippen LogP contribution in [0.5, 0.6) is 0 Å². The van der Waals surface area contributed by atoms with Gasteiger partial charge in [-0.05, 0) is 19.4 Å². The minimum absolute atomic E-state index is 0.0500. The van der Waals surface area contributed by atoms with Crippen molar-refractivity contribution in [3.05, 3.63) is 28.3 Å². The molecule has 1 amide bonds. The first-order valence-electron chi connectivity index (χ1n) is 6.17. The summed E-state index contributed by atoms with van der Waals surface area (Å²) in [4.78, 5) is 29.4. The molecule has 0 aromatic carbocycles. The Hall–Kier alpha value is -2.15. The molecule has 0 unspecified atom stereocenters. The van der Waals surface area contributed by atoms with Gasteiger partial charge >= 0.3 is 5.97 Å². The maximum atomic E-state index is 11.8. The molecule has 0 saturated carbocycles. The number of H-pyrrole nitrogens is 1. The molecule has 0 saturated heterocycles. The molecule has 0 aliphatic rings. The summed E-state index contributed by atoms with van der Waals surface area (Å²) < 4.78 is 0. The molecule has 2 rings (SSSR count). The van der Waals surface area contributed by atoms with Crippen LogP contribution < -0.4 is 5.32 Å². The van der Waals surface area contributed by atoms with E-state index in [1.165, 1.54) is 0 Å². The molecular formula is C13H15N3O3S. The Balaban J connectivity index is 1.91. The number of hydrogen-bond acceptors (Lipinski definition) is 4. The maximum absolute atomic E-state index is 11.8. The number of aromatic amines is 1. The summed E-state index contributed by atoms with van der Waals surface area (Å²) in [6, 6.07) is 1.74. The number of carbonyl (C=O) groups is 2. The van der Waals surface area contributed by atoms with E-state index < -0.39 is 5.97 Å². The van der Waals surface area contributed by atoms with Crippen molar-refractivity contribution in [3.8, 4) is 11.3 Å². The zero-order valence-electron chi connectivity index (χ0n) is 11.0. The second-order valence-corrected chi connectivity index (χ2v) is 5.37. The molecule has 20 heavy (non-hydrogen) atoms. The Morgan fingerprint density at radius 3 is 2.95 bits per heavy atom. The number of carboxylic acid groups (broad SMARTS) is 1. The third-order valence-corrected chi connectivity index (χ3v) is 3.47. The van der Waals surface area contributed by atoms with Crippen LogP contribution in [0.25, 0.3) is 11.3 Å². The third kappa shape index (κ3) is 3.67. The van der Waals surface area contributed by atoms with Gasteiger partial charge in [0.2, 0.25) is 0 Å². The lowest BCUT2D eigenvalue weighted by Crippen LogP contribution is -2.25. The summed E-state index contributed by atoms with van der Waals surface area (Å²) in [6.07, 6.45) is 2.20. The van der Waals surface area contributed by atoms with Crippen molar-refractivity contribution in [2.75, 3.05) is 6.54 Å². The van der Waals surface area contributed by atoms with Crippen LogP contribution in [0.3, 0.4) is 0 Å². The number of rotatable bonds is 6. The molecule has 0 radical (unpaired) electrons. The number of aliphatic carboxylic acids is 1. The summed E-state index contributed by atoms with van der Waals surface area (Å²) in [5, 5.41) is 14.1. The first-order chi connectivity index (χ1) is 9.56. The molecule has 0 aliphatic heterocycles. The molecule has 106 valence electrons. The van der Waals surface area contributed by atoms with Crippen LogP contribution in [-0.4, -0.2) is 33.5 Å². The fourth-order valence-electron chi connectivity index (χ4n) is 1.71. The highest BCUT2D eigenvalue weighted by atomic mass is 32.1. The first-order valence-corrected chi connectivity index (χ1v) is 7.05. The Bertz CT molecular complexity index is 618. The highest BCUT2D eigenvalue weighted by Gasteiger charge is 2.10. The largest absolute Gasteiger partial charge is 0.481 e. The third-order valence-electron chi connectivity index (χ3n) is 2.70. The number of carbonyl (C=O) groups excluding carboxylic acids is 1. The van der Waals surface area contributed by atoms with Gasteiger partial charge in [-0.3, -0.25) is 9.59 Å². The molecule has 7 heteroatoms. The van der Waals surface area contributed by atoms with Gasteiger partial charge in [-0.15, -0.1) is 11.3 Å². The fourth-order valence-corrected chi connectivity index (χ4v) is 2.33.